The Labute approximate surface area is 82.3 Å². The first-order chi connectivity index (χ1) is 6.24. The van der Waals surface area contributed by atoms with Crippen LogP contribution in [0.25, 0.3) is 0 Å². The summed E-state index contributed by atoms with van der Waals surface area (Å²) in [7, 11) is 0. The minimum Gasteiger partial charge on any atom is -0.303 e. The van der Waals surface area contributed by atoms with Crippen LogP contribution < -0.4 is 5.32 Å². The second kappa shape index (κ2) is 5.29. The Hall–Kier alpha value is -0.480. The molecule has 1 fully saturated rings. The maximum absolute atomic E-state index is 3.53. The summed E-state index contributed by atoms with van der Waals surface area (Å²) in [6.07, 6.45) is 4.10. The summed E-state index contributed by atoms with van der Waals surface area (Å²) in [5.41, 5.74) is 0. The molecule has 0 aromatic rings. The van der Waals surface area contributed by atoms with E-state index >= 15 is 0 Å². The first-order valence-corrected chi connectivity index (χ1v) is 5.37. The van der Waals surface area contributed by atoms with E-state index in [0.717, 1.165) is 18.4 Å². The molecular formula is C12H21N. The van der Waals surface area contributed by atoms with E-state index in [1.54, 1.807) is 0 Å². The van der Waals surface area contributed by atoms with E-state index in [-0.39, 0.29) is 0 Å². The first-order valence-electron chi connectivity index (χ1n) is 5.37. The van der Waals surface area contributed by atoms with Gasteiger partial charge < -0.3 is 5.32 Å². The van der Waals surface area contributed by atoms with Crippen LogP contribution in [0.4, 0.5) is 0 Å². The normalized spacial score (nSPS) is 33.6. The fourth-order valence-corrected chi connectivity index (χ4v) is 2.09. The van der Waals surface area contributed by atoms with E-state index in [1.807, 2.05) is 6.92 Å². The molecule has 1 nitrogen and oxygen atoms in total. The van der Waals surface area contributed by atoms with Crippen molar-refractivity contribution in [3.63, 3.8) is 0 Å². The monoisotopic (exact) mass is 179 g/mol. The number of hydrogen-bond donors (Lipinski definition) is 1. The van der Waals surface area contributed by atoms with Crippen LogP contribution in [0.3, 0.4) is 0 Å². The molecule has 3 unspecified atom stereocenters. The average Bonchev–Trinajstić information content (AvgIpc) is 2.11. The zero-order valence-electron chi connectivity index (χ0n) is 9.06. The summed E-state index contributed by atoms with van der Waals surface area (Å²) >= 11 is 0. The molecule has 1 heteroatoms. The minimum atomic E-state index is 0.699. The summed E-state index contributed by atoms with van der Waals surface area (Å²) in [6, 6.07) is 0.699. The quantitative estimate of drug-likeness (QED) is 0.642. The fraction of sp³-hybridized carbons (Fsp3) is 0.833. The van der Waals surface area contributed by atoms with Crippen molar-refractivity contribution < 1.29 is 0 Å². The Morgan fingerprint density at radius 1 is 1.31 bits per heavy atom. The van der Waals surface area contributed by atoms with Crippen LogP contribution in [0.15, 0.2) is 0 Å². The predicted octanol–water partition coefficient (Wildman–Crippen LogP) is 2.42. The molecule has 0 spiro atoms. The predicted molar refractivity (Wildman–Crippen MR) is 57.4 cm³/mol. The third kappa shape index (κ3) is 3.40. The topological polar surface area (TPSA) is 12.0 Å². The molecule has 1 saturated carbocycles. The molecule has 0 heterocycles. The maximum Gasteiger partial charge on any atom is 0.0578 e. The van der Waals surface area contributed by atoms with Gasteiger partial charge in [0.15, 0.2) is 0 Å². The standard InChI is InChI=1S/C12H21N/c1-4-5-8-13-12-9-10(2)6-7-11(12)3/h10-13H,6-9H2,1-3H3. The van der Waals surface area contributed by atoms with Gasteiger partial charge in [0, 0.05) is 6.04 Å². The van der Waals surface area contributed by atoms with Crippen molar-refractivity contribution in [1.29, 1.82) is 0 Å². The van der Waals surface area contributed by atoms with E-state index < -0.39 is 0 Å². The van der Waals surface area contributed by atoms with Crippen LogP contribution in [0.2, 0.25) is 0 Å². The molecule has 1 N–H and O–H groups in total. The lowest BCUT2D eigenvalue weighted by Crippen LogP contribution is -2.39. The molecule has 74 valence electrons. The second-order valence-corrected chi connectivity index (χ2v) is 4.31. The zero-order chi connectivity index (χ0) is 9.68. The number of nitrogens with one attached hydrogen (secondary N) is 1. The van der Waals surface area contributed by atoms with E-state index in [1.165, 1.54) is 19.3 Å². The van der Waals surface area contributed by atoms with Gasteiger partial charge in [-0.25, -0.2) is 0 Å². The zero-order valence-corrected chi connectivity index (χ0v) is 9.06. The van der Waals surface area contributed by atoms with Gasteiger partial charge in [-0.05, 0) is 31.6 Å². The highest BCUT2D eigenvalue weighted by Crippen LogP contribution is 2.28. The highest BCUT2D eigenvalue weighted by atomic mass is 14.9. The summed E-state index contributed by atoms with van der Waals surface area (Å²) in [4.78, 5) is 0. The van der Waals surface area contributed by atoms with Crippen LogP contribution in [0.5, 0.6) is 0 Å². The van der Waals surface area contributed by atoms with Crippen molar-refractivity contribution in [2.45, 2.75) is 46.1 Å². The lowest BCUT2D eigenvalue weighted by molar-refractivity contribution is 0.234. The van der Waals surface area contributed by atoms with Gasteiger partial charge in [0.25, 0.3) is 0 Å². The van der Waals surface area contributed by atoms with Crippen LogP contribution >= 0.6 is 0 Å². The molecule has 13 heavy (non-hydrogen) atoms. The highest BCUT2D eigenvalue weighted by molar-refractivity contribution is 4.98. The van der Waals surface area contributed by atoms with Gasteiger partial charge in [0.05, 0.1) is 6.54 Å². The van der Waals surface area contributed by atoms with Crippen LogP contribution in [0, 0.1) is 23.7 Å². The third-order valence-corrected chi connectivity index (χ3v) is 3.09. The van der Waals surface area contributed by atoms with E-state index in [4.69, 9.17) is 0 Å². The number of hydrogen-bond acceptors (Lipinski definition) is 1. The molecule has 0 saturated heterocycles. The van der Waals surface area contributed by atoms with Crippen LogP contribution in [0.1, 0.15) is 40.0 Å². The van der Waals surface area contributed by atoms with Crippen molar-refractivity contribution >= 4 is 0 Å². The average molecular weight is 179 g/mol. The van der Waals surface area contributed by atoms with Crippen molar-refractivity contribution in [1.82, 2.24) is 5.32 Å². The summed E-state index contributed by atoms with van der Waals surface area (Å²) in [6.45, 7) is 7.46. The maximum atomic E-state index is 3.53. The Morgan fingerprint density at radius 2 is 2.08 bits per heavy atom. The van der Waals surface area contributed by atoms with E-state index in [2.05, 4.69) is 31.0 Å². The third-order valence-electron chi connectivity index (χ3n) is 3.09. The molecule has 3 atom stereocenters. The first kappa shape index (κ1) is 10.6. The second-order valence-electron chi connectivity index (χ2n) is 4.31. The Balaban J connectivity index is 2.31. The molecule has 0 radical (unpaired) electrons. The molecule has 1 aliphatic carbocycles. The molecule has 0 aromatic heterocycles. The smallest absolute Gasteiger partial charge is 0.0578 e. The number of rotatable bonds is 2. The fourth-order valence-electron chi connectivity index (χ4n) is 2.09. The van der Waals surface area contributed by atoms with Crippen LogP contribution in [-0.2, 0) is 0 Å². The lowest BCUT2D eigenvalue weighted by atomic mass is 9.80. The molecular weight excluding hydrogens is 158 g/mol. The molecule has 0 aromatic carbocycles. The van der Waals surface area contributed by atoms with E-state index in [9.17, 15) is 0 Å². The van der Waals surface area contributed by atoms with Gasteiger partial charge in [0.1, 0.15) is 0 Å². The van der Waals surface area contributed by atoms with Gasteiger partial charge in [-0.2, -0.15) is 0 Å². The van der Waals surface area contributed by atoms with Crippen molar-refractivity contribution in [3.8, 4) is 11.8 Å². The molecule has 0 amide bonds. The van der Waals surface area contributed by atoms with Gasteiger partial charge >= 0.3 is 0 Å². The van der Waals surface area contributed by atoms with Crippen LogP contribution in [-0.4, -0.2) is 12.6 Å². The van der Waals surface area contributed by atoms with Gasteiger partial charge in [0.2, 0.25) is 0 Å². The molecule has 1 rings (SSSR count). The molecule has 1 aliphatic rings. The van der Waals surface area contributed by atoms with Gasteiger partial charge in [-0.1, -0.05) is 26.2 Å². The van der Waals surface area contributed by atoms with Gasteiger partial charge in [-0.15, -0.1) is 5.92 Å². The van der Waals surface area contributed by atoms with Crippen molar-refractivity contribution in [3.05, 3.63) is 0 Å². The Morgan fingerprint density at radius 3 is 2.77 bits per heavy atom. The summed E-state index contributed by atoms with van der Waals surface area (Å²) in [5, 5.41) is 3.53. The lowest BCUT2D eigenvalue weighted by Gasteiger charge is -2.32. The molecule has 0 aliphatic heterocycles. The Kier molecular flexibility index (Phi) is 4.32. The summed E-state index contributed by atoms with van der Waals surface area (Å²) in [5.74, 6) is 7.71. The van der Waals surface area contributed by atoms with Crippen molar-refractivity contribution in [2.75, 3.05) is 6.54 Å². The molecule has 0 bridgehead atoms. The summed E-state index contributed by atoms with van der Waals surface area (Å²) < 4.78 is 0. The van der Waals surface area contributed by atoms with Crippen molar-refractivity contribution in [2.24, 2.45) is 11.8 Å². The minimum absolute atomic E-state index is 0.699. The SMILES string of the molecule is CC#CCNC1CC(C)CCC1C. The largest absolute Gasteiger partial charge is 0.303 e. The van der Waals surface area contributed by atoms with Gasteiger partial charge in [-0.3, -0.25) is 0 Å². The highest BCUT2D eigenvalue weighted by Gasteiger charge is 2.24. The van der Waals surface area contributed by atoms with E-state index in [0.29, 0.717) is 6.04 Å². The Bertz CT molecular complexity index is 199.